The van der Waals surface area contributed by atoms with E-state index in [2.05, 4.69) is 17.6 Å². The fourth-order valence-corrected chi connectivity index (χ4v) is 4.71. The van der Waals surface area contributed by atoms with Gasteiger partial charge in [0.2, 0.25) is 5.91 Å². The number of hydrogen-bond acceptors (Lipinski definition) is 4. The van der Waals surface area contributed by atoms with Crippen LogP contribution in [-0.4, -0.2) is 42.2 Å². The van der Waals surface area contributed by atoms with Crippen molar-refractivity contribution in [2.45, 2.75) is 56.2 Å². The predicted molar refractivity (Wildman–Crippen MR) is 101 cm³/mol. The number of hydrogen-bond donors (Lipinski definition) is 2. The van der Waals surface area contributed by atoms with Gasteiger partial charge in [-0.1, -0.05) is 18.5 Å². The van der Waals surface area contributed by atoms with Gasteiger partial charge in [-0.25, -0.2) is 4.39 Å². The molecule has 4 aliphatic carbocycles. The molecule has 0 spiro atoms. The Bertz CT molecular complexity index is 777. The molecule has 2 N–H and O–H groups in total. The van der Waals surface area contributed by atoms with Crippen molar-refractivity contribution in [2.75, 3.05) is 13.2 Å². The maximum atomic E-state index is 13.4. The molecular weight excluding hydrogens is 387 g/mol. The second kappa shape index (κ2) is 7.19. The van der Waals surface area contributed by atoms with Crippen molar-refractivity contribution in [1.29, 1.82) is 0 Å². The van der Waals surface area contributed by atoms with Crippen molar-refractivity contribution in [1.82, 2.24) is 10.6 Å². The van der Waals surface area contributed by atoms with E-state index in [0.717, 1.165) is 18.9 Å². The van der Waals surface area contributed by atoms with Crippen molar-refractivity contribution in [3.8, 4) is 5.75 Å². The average molecular weight is 411 g/mol. The summed E-state index contributed by atoms with van der Waals surface area (Å²) in [5.41, 5.74) is -0.468. The smallest absolute Gasteiger partial charge is 0.258 e. The fraction of sp³-hybridized carbons (Fsp3) is 0.600. The van der Waals surface area contributed by atoms with Gasteiger partial charge < -0.3 is 20.1 Å². The first-order valence-electron chi connectivity index (χ1n) is 9.58. The topological polar surface area (TPSA) is 76.7 Å². The lowest BCUT2D eigenvalue weighted by Crippen LogP contribution is -2.84. The molecule has 5 rings (SSSR count). The van der Waals surface area contributed by atoms with Crippen LogP contribution in [0, 0.1) is 11.7 Å². The molecule has 8 heteroatoms. The van der Waals surface area contributed by atoms with Gasteiger partial charge in [0.1, 0.15) is 18.2 Å². The Hall–Kier alpha value is -1.86. The van der Waals surface area contributed by atoms with Crippen LogP contribution in [0.5, 0.6) is 5.75 Å². The quantitative estimate of drug-likeness (QED) is 0.690. The Morgan fingerprint density at radius 3 is 2.32 bits per heavy atom. The standard InChI is InChI=1S/C20H24ClFN2O4/c1-12-4-14(5-12)28-8-18(26)24-20-9-19(10-20,11-20)23-17(25)7-27-13-2-3-15(21)16(22)6-13/h2-3,6,12,14H,4-5,7-11H2,1H3,(H,23,25)(H,24,26). The summed E-state index contributed by atoms with van der Waals surface area (Å²) in [4.78, 5) is 24.2. The molecule has 0 aromatic heterocycles. The molecule has 0 heterocycles. The molecule has 2 amide bonds. The van der Waals surface area contributed by atoms with Crippen LogP contribution < -0.4 is 15.4 Å². The minimum absolute atomic E-state index is 0.00524. The van der Waals surface area contributed by atoms with Gasteiger partial charge in [0.15, 0.2) is 6.61 Å². The van der Waals surface area contributed by atoms with Gasteiger partial charge in [-0.15, -0.1) is 0 Å². The monoisotopic (exact) mass is 410 g/mol. The van der Waals surface area contributed by atoms with E-state index in [1.807, 2.05) is 0 Å². The summed E-state index contributed by atoms with van der Waals surface area (Å²) < 4.78 is 24.3. The molecule has 0 atom stereocenters. The highest BCUT2D eigenvalue weighted by Gasteiger charge is 2.69. The molecule has 0 unspecified atom stereocenters. The molecule has 4 saturated carbocycles. The third-order valence-electron chi connectivity index (χ3n) is 5.88. The van der Waals surface area contributed by atoms with E-state index < -0.39 is 5.82 Å². The molecule has 28 heavy (non-hydrogen) atoms. The van der Waals surface area contributed by atoms with Crippen LogP contribution in [0.25, 0.3) is 0 Å². The minimum atomic E-state index is -0.590. The number of rotatable bonds is 8. The lowest BCUT2D eigenvalue weighted by Gasteiger charge is -2.70. The Morgan fingerprint density at radius 2 is 1.75 bits per heavy atom. The number of ether oxygens (including phenoxy) is 2. The first-order chi connectivity index (χ1) is 13.3. The van der Waals surface area contributed by atoms with Crippen molar-refractivity contribution in [3.63, 3.8) is 0 Å². The molecule has 2 bridgehead atoms. The molecule has 4 aliphatic rings. The zero-order valence-corrected chi connectivity index (χ0v) is 16.5. The average Bonchev–Trinajstić information content (AvgIpc) is 2.55. The number of halogens is 2. The van der Waals surface area contributed by atoms with Crippen LogP contribution in [-0.2, 0) is 14.3 Å². The summed E-state index contributed by atoms with van der Waals surface area (Å²) in [6.07, 6.45) is 4.42. The largest absolute Gasteiger partial charge is 0.484 e. The van der Waals surface area contributed by atoms with Crippen molar-refractivity contribution < 1.29 is 23.5 Å². The highest BCUT2D eigenvalue weighted by Crippen LogP contribution is 2.60. The van der Waals surface area contributed by atoms with Gasteiger partial charge in [-0.3, -0.25) is 9.59 Å². The van der Waals surface area contributed by atoms with Gasteiger partial charge in [-0.05, 0) is 50.2 Å². The lowest BCUT2D eigenvalue weighted by molar-refractivity contribution is -0.154. The zero-order valence-electron chi connectivity index (χ0n) is 15.7. The molecule has 0 radical (unpaired) electrons. The minimum Gasteiger partial charge on any atom is -0.484 e. The van der Waals surface area contributed by atoms with E-state index in [0.29, 0.717) is 25.2 Å². The van der Waals surface area contributed by atoms with Gasteiger partial charge in [0.05, 0.1) is 11.1 Å². The number of amides is 2. The summed E-state index contributed by atoms with van der Waals surface area (Å²) in [7, 11) is 0. The van der Waals surface area contributed by atoms with Crippen LogP contribution in [0.1, 0.15) is 39.0 Å². The second-order valence-corrected chi connectivity index (χ2v) is 8.97. The van der Waals surface area contributed by atoms with E-state index in [-0.39, 0.29) is 53.0 Å². The molecule has 1 aromatic rings. The molecule has 152 valence electrons. The van der Waals surface area contributed by atoms with Gasteiger partial charge in [0, 0.05) is 17.1 Å². The molecule has 6 nitrogen and oxygen atoms in total. The number of carbonyl (C=O) groups is 2. The maximum absolute atomic E-state index is 13.4. The van der Waals surface area contributed by atoms with Crippen LogP contribution in [0.15, 0.2) is 18.2 Å². The van der Waals surface area contributed by atoms with E-state index in [1.54, 1.807) is 0 Å². The summed E-state index contributed by atoms with van der Waals surface area (Å²) in [5, 5.41) is 6.01. The highest BCUT2D eigenvalue weighted by molar-refractivity contribution is 6.30. The normalized spacial score (nSPS) is 32.4. The first kappa shape index (κ1) is 19.5. The number of carbonyl (C=O) groups excluding carboxylic acids is 2. The Labute approximate surface area is 168 Å². The molecule has 0 saturated heterocycles. The molecule has 4 fully saturated rings. The maximum Gasteiger partial charge on any atom is 0.258 e. The Kier molecular flexibility index (Phi) is 5.00. The zero-order chi connectivity index (χ0) is 19.9. The summed E-state index contributed by atoms with van der Waals surface area (Å²) in [6.45, 7) is 2.08. The summed E-state index contributed by atoms with van der Waals surface area (Å²) in [6, 6.07) is 4.04. The molecule has 1 aromatic carbocycles. The number of benzene rings is 1. The third-order valence-corrected chi connectivity index (χ3v) is 6.19. The van der Waals surface area contributed by atoms with E-state index in [1.165, 1.54) is 12.1 Å². The molecule has 0 aliphatic heterocycles. The van der Waals surface area contributed by atoms with Crippen LogP contribution in [0.3, 0.4) is 0 Å². The first-order valence-corrected chi connectivity index (χ1v) is 9.96. The van der Waals surface area contributed by atoms with Crippen LogP contribution in [0.4, 0.5) is 4.39 Å². The van der Waals surface area contributed by atoms with E-state index >= 15 is 0 Å². The van der Waals surface area contributed by atoms with Gasteiger partial charge >= 0.3 is 0 Å². The van der Waals surface area contributed by atoms with Gasteiger partial charge in [-0.2, -0.15) is 0 Å². The van der Waals surface area contributed by atoms with E-state index in [4.69, 9.17) is 21.1 Å². The highest BCUT2D eigenvalue weighted by atomic mass is 35.5. The molecular formula is C20H24ClFN2O4. The van der Waals surface area contributed by atoms with Gasteiger partial charge in [0.25, 0.3) is 5.91 Å². The summed E-state index contributed by atoms with van der Waals surface area (Å²) >= 11 is 5.61. The van der Waals surface area contributed by atoms with Crippen LogP contribution in [0.2, 0.25) is 5.02 Å². The lowest BCUT2D eigenvalue weighted by atomic mass is 9.44. The number of nitrogens with one attached hydrogen (secondary N) is 2. The summed E-state index contributed by atoms with van der Waals surface area (Å²) in [5.74, 6) is -0.00624. The fourth-order valence-electron chi connectivity index (χ4n) is 4.59. The predicted octanol–water partition coefficient (Wildman–Crippen LogP) is 2.58. The Morgan fingerprint density at radius 1 is 1.14 bits per heavy atom. The Balaban J connectivity index is 1.14. The van der Waals surface area contributed by atoms with Crippen molar-refractivity contribution >= 4 is 23.4 Å². The second-order valence-electron chi connectivity index (χ2n) is 8.56. The van der Waals surface area contributed by atoms with E-state index in [9.17, 15) is 14.0 Å². The van der Waals surface area contributed by atoms with Crippen molar-refractivity contribution in [2.24, 2.45) is 5.92 Å². The van der Waals surface area contributed by atoms with Crippen molar-refractivity contribution in [3.05, 3.63) is 29.0 Å². The SMILES string of the molecule is CC1CC(OCC(=O)NC23CC(NC(=O)COc4ccc(Cl)c(F)c4)(C2)C3)C1. The third kappa shape index (κ3) is 3.96. The van der Waals surface area contributed by atoms with Crippen LogP contribution >= 0.6 is 11.6 Å².